The predicted molar refractivity (Wildman–Crippen MR) is 97.0 cm³/mol. The fourth-order valence-electron chi connectivity index (χ4n) is 2.68. The minimum absolute atomic E-state index is 0.270. The van der Waals surface area contributed by atoms with Crippen LogP contribution in [0.5, 0.6) is 0 Å². The summed E-state index contributed by atoms with van der Waals surface area (Å²) >= 11 is 6.19. The molecule has 0 fully saturated rings. The molecule has 0 saturated heterocycles. The van der Waals surface area contributed by atoms with Crippen molar-refractivity contribution in [3.05, 3.63) is 64.6 Å². The van der Waals surface area contributed by atoms with Gasteiger partial charge in [0.15, 0.2) is 5.96 Å². The molecule has 4 N–H and O–H groups in total. The number of carbonyl (C=O) groups is 1. The highest BCUT2D eigenvalue weighted by molar-refractivity contribution is 6.33. The molecule has 0 aliphatic rings. The first-order valence-corrected chi connectivity index (χ1v) is 7.73. The van der Waals surface area contributed by atoms with Gasteiger partial charge >= 0.3 is 0 Å². The van der Waals surface area contributed by atoms with Crippen LogP contribution in [0.2, 0.25) is 5.02 Å². The van der Waals surface area contributed by atoms with Gasteiger partial charge < -0.3 is 11.5 Å². The van der Waals surface area contributed by atoms with Crippen molar-refractivity contribution in [3.8, 4) is 11.1 Å². The van der Waals surface area contributed by atoms with E-state index in [0.717, 1.165) is 11.1 Å². The number of nitrogens with two attached hydrogens (primary N) is 2. The number of nitrogens with zero attached hydrogens (tertiary/aromatic N) is 2. The topological polar surface area (TPSA) is 94.4 Å². The van der Waals surface area contributed by atoms with Gasteiger partial charge in [0.2, 0.25) is 0 Å². The van der Waals surface area contributed by atoms with E-state index < -0.39 is 11.7 Å². The molecule has 126 valence electrons. The van der Waals surface area contributed by atoms with Crippen LogP contribution in [0.1, 0.15) is 15.9 Å². The van der Waals surface area contributed by atoms with Crippen LogP contribution in [0.4, 0.5) is 4.39 Å². The van der Waals surface area contributed by atoms with Gasteiger partial charge in [0.05, 0.1) is 10.5 Å². The largest absolute Gasteiger partial charge is 0.370 e. The lowest BCUT2D eigenvalue weighted by Gasteiger charge is -2.11. The summed E-state index contributed by atoms with van der Waals surface area (Å²) in [5.74, 6) is -1.28. The molecule has 25 heavy (non-hydrogen) atoms. The minimum Gasteiger partial charge on any atom is -0.370 e. The Morgan fingerprint density at radius 3 is 2.60 bits per heavy atom. The number of halogens is 2. The van der Waals surface area contributed by atoms with Crippen molar-refractivity contribution in [1.82, 2.24) is 4.98 Å². The number of rotatable bonds is 2. The molecule has 1 aromatic heterocycles. The van der Waals surface area contributed by atoms with Crippen LogP contribution in [0, 0.1) is 12.7 Å². The molecule has 0 aliphatic carbocycles. The van der Waals surface area contributed by atoms with Crippen molar-refractivity contribution >= 4 is 34.4 Å². The van der Waals surface area contributed by atoms with E-state index in [1.54, 1.807) is 30.5 Å². The Bertz CT molecular complexity index is 1030. The first kappa shape index (κ1) is 16.9. The first-order valence-electron chi connectivity index (χ1n) is 7.35. The van der Waals surface area contributed by atoms with Gasteiger partial charge in [-0.3, -0.25) is 9.78 Å². The number of aromatic nitrogens is 1. The summed E-state index contributed by atoms with van der Waals surface area (Å²) in [5.41, 5.74) is 13.7. The molecule has 2 aromatic carbocycles. The van der Waals surface area contributed by atoms with Crippen LogP contribution in [0.15, 0.2) is 47.6 Å². The summed E-state index contributed by atoms with van der Waals surface area (Å²) in [6, 6.07) is 9.24. The van der Waals surface area contributed by atoms with E-state index in [2.05, 4.69) is 9.98 Å². The van der Waals surface area contributed by atoms with Crippen LogP contribution in [0.3, 0.4) is 0 Å². The second-order valence-electron chi connectivity index (χ2n) is 5.51. The van der Waals surface area contributed by atoms with Gasteiger partial charge in [-0.25, -0.2) is 4.39 Å². The molecule has 5 nitrogen and oxygen atoms in total. The van der Waals surface area contributed by atoms with Crippen LogP contribution in [-0.2, 0) is 0 Å². The number of benzene rings is 2. The average Bonchev–Trinajstić information content (AvgIpc) is 2.54. The Balaban J connectivity index is 2.28. The maximum absolute atomic E-state index is 13.4. The Morgan fingerprint density at radius 1 is 1.16 bits per heavy atom. The zero-order chi connectivity index (χ0) is 18.1. The third kappa shape index (κ3) is 3.29. The Morgan fingerprint density at radius 2 is 1.92 bits per heavy atom. The molecule has 7 heteroatoms. The van der Waals surface area contributed by atoms with E-state index in [4.69, 9.17) is 23.1 Å². The van der Waals surface area contributed by atoms with E-state index in [0.29, 0.717) is 22.0 Å². The van der Waals surface area contributed by atoms with Gasteiger partial charge in [-0.2, -0.15) is 4.99 Å². The zero-order valence-electron chi connectivity index (χ0n) is 13.3. The van der Waals surface area contributed by atoms with Crippen LogP contribution < -0.4 is 11.5 Å². The van der Waals surface area contributed by atoms with Crippen molar-refractivity contribution < 1.29 is 9.18 Å². The molecule has 0 spiro atoms. The lowest BCUT2D eigenvalue weighted by molar-refractivity contribution is 0.100. The fraction of sp³-hybridized carbons (Fsp3) is 0.0556. The molecular formula is C18H14ClFN4O. The fourth-order valence-corrected chi connectivity index (χ4v) is 2.95. The van der Waals surface area contributed by atoms with E-state index in [-0.39, 0.29) is 11.0 Å². The highest BCUT2D eigenvalue weighted by Crippen LogP contribution is 2.34. The molecule has 0 atom stereocenters. The number of carbonyl (C=O) groups excluding carboxylic acids is 1. The highest BCUT2D eigenvalue weighted by atomic mass is 35.5. The number of aliphatic imine (C=N–C) groups is 1. The van der Waals surface area contributed by atoms with Gasteiger partial charge in [-0.05, 0) is 54.4 Å². The SMILES string of the molecule is Cc1cc(C(=O)N=C(N)N)cc2c(-c3ccc(F)cc3Cl)ccnc12. The average molecular weight is 357 g/mol. The molecule has 3 rings (SSSR count). The predicted octanol–water partition coefficient (Wildman–Crippen LogP) is 3.42. The Labute approximate surface area is 148 Å². The lowest BCUT2D eigenvalue weighted by Crippen LogP contribution is -2.24. The zero-order valence-corrected chi connectivity index (χ0v) is 14.0. The number of pyridine rings is 1. The smallest absolute Gasteiger partial charge is 0.280 e. The summed E-state index contributed by atoms with van der Waals surface area (Å²) in [7, 11) is 0. The Kier molecular flexibility index (Phi) is 4.37. The van der Waals surface area contributed by atoms with E-state index >= 15 is 0 Å². The van der Waals surface area contributed by atoms with E-state index in [9.17, 15) is 9.18 Å². The van der Waals surface area contributed by atoms with Crippen molar-refractivity contribution in [3.63, 3.8) is 0 Å². The molecule has 0 unspecified atom stereocenters. The van der Waals surface area contributed by atoms with Crippen LogP contribution in [0.25, 0.3) is 22.0 Å². The van der Waals surface area contributed by atoms with Gasteiger partial charge in [-0.15, -0.1) is 0 Å². The van der Waals surface area contributed by atoms with Crippen molar-refractivity contribution in [2.24, 2.45) is 16.5 Å². The molecule has 1 heterocycles. The summed E-state index contributed by atoms with van der Waals surface area (Å²) in [5, 5.41) is 0.969. The molecular weight excluding hydrogens is 343 g/mol. The summed E-state index contributed by atoms with van der Waals surface area (Å²) in [6.07, 6.45) is 1.64. The van der Waals surface area contributed by atoms with Crippen molar-refractivity contribution in [2.45, 2.75) is 6.92 Å². The van der Waals surface area contributed by atoms with Crippen LogP contribution in [-0.4, -0.2) is 16.9 Å². The number of aryl methyl sites for hydroxylation is 1. The summed E-state index contributed by atoms with van der Waals surface area (Å²) in [4.78, 5) is 20.1. The summed E-state index contributed by atoms with van der Waals surface area (Å²) < 4.78 is 13.4. The third-order valence-corrected chi connectivity index (χ3v) is 4.05. The molecule has 0 bridgehead atoms. The second kappa shape index (κ2) is 6.49. The minimum atomic E-state index is -0.551. The molecule has 0 aliphatic heterocycles. The normalized spacial score (nSPS) is 10.7. The van der Waals surface area contributed by atoms with Crippen LogP contribution >= 0.6 is 11.6 Å². The number of guanidine groups is 1. The maximum Gasteiger partial charge on any atom is 0.280 e. The van der Waals surface area contributed by atoms with E-state index in [1.165, 1.54) is 12.1 Å². The van der Waals surface area contributed by atoms with Crippen molar-refractivity contribution in [1.29, 1.82) is 0 Å². The van der Waals surface area contributed by atoms with E-state index in [1.807, 2.05) is 6.92 Å². The number of fused-ring (bicyclic) bond motifs is 1. The number of amides is 1. The monoisotopic (exact) mass is 356 g/mol. The maximum atomic E-state index is 13.4. The lowest BCUT2D eigenvalue weighted by atomic mass is 9.97. The number of hydrogen-bond acceptors (Lipinski definition) is 2. The van der Waals surface area contributed by atoms with Crippen molar-refractivity contribution in [2.75, 3.05) is 0 Å². The molecule has 0 radical (unpaired) electrons. The third-order valence-electron chi connectivity index (χ3n) is 3.73. The molecule has 1 amide bonds. The summed E-state index contributed by atoms with van der Waals surface area (Å²) in [6.45, 7) is 1.83. The quantitative estimate of drug-likeness (QED) is 0.543. The Hall–Kier alpha value is -2.99. The van der Waals surface area contributed by atoms with Gasteiger partial charge in [-0.1, -0.05) is 11.6 Å². The number of hydrogen-bond donors (Lipinski definition) is 2. The van der Waals surface area contributed by atoms with Gasteiger partial charge in [0.25, 0.3) is 5.91 Å². The standard InChI is InChI=1S/C18H14ClFN4O/c1-9-6-10(17(25)24-18(21)22)7-14-12(4-5-23-16(9)14)13-3-2-11(20)8-15(13)19/h2-8H,1H3,(H4,21,22,24,25). The highest BCUT2D eigenvalue weighted by Gasteiger charge is 2.14. The second-order valence-corrected chi connectivity index (χ2v) is 5.92. The van der Waals surface area contributed by atoms with Gasteiger partial charge in [0.1, 0.15) is 5.82 Å². The first-order chi connectivity index (χ1) is 11.9. The molecule has 3 aromatic rings. The van der Waals surface area contributed by atoms with Gasteiger partial charge in [0, 0.05) is 22.7 Å². The molecule has 0 saturated carbocycles.